The number of rotatable bonds is 9. The molecule has 0 aromatic carbocycles. The highest BCUT2D eigenvalue weighted by Crippen LogP contribution is 2.40. The fourth-order valence-electron chi connectivity index (χ4n) is 4.05. The van der Waals surface area contributed by atoms with Crippen LogP contribution in [-0.2, 0) is 18.1 Å². The number of carbonyl (C=O) groups excluding carboxylic acids is 1. The van der Waals surface area contributed by atoms with Gasteiger partial charge in [-0.2, -0.15) is 0 Å². The molecule has 2 rings (SSSR count). The van der Waals surface area contributed by atoms with Crippen molar-refractivity contribution in [1.82, 2.24) is 0 Å². The Kier molecular flexibility index (Phi) is 8.80. The van der Waals surface area contributed by atoms with Crippen LogP contribution in [0.5, 0.6) is 0 Å². The topological polar surface area (TPSA) is 44.8 Å². The van der Waals surface area contributed by atoms with Crippen molar-refractivity contribution in [3.05, 3.63) is 0 Å². The zero-order valence-electron chi connectivity index (χ0n) is 14.9. The minimum Gasteiger partial charge on any atom is -0.371 e. The normalized spacial score (nSPS) is 26.8. The third-order valence-corrected chi connectivity index (χ3v) is 6.90. The van der Waals surface area contributed by atoms with Gasteiger partial charge in [0.05, 0.1) is 0 Å². The predicted molar refractivity (Wildman–Crippen MR) is 92.0 cm³/mol. The van der Waals surface area contributed by atoms with Crippen LogP contribution in [0.4, 0.5) is 0 Å². The number of hydrogen-bond acceptors (Lipinski definition) is 4. The third kappa shape index (κ3) is 6.65. The number of carbonyl (C=O) groups is 1. The van der Waals surface area contributed by atoms with Crippen molar-refractivity contribution < 1.29 is 18.1 Å². The molecule has 133 valence electrons. The molecule has 0 aromatic rings. The van der Waals surface area contributed by atoms with Crippen molar-refractivity contribution in [2.24, 2.45) is 17.8 Å². The van der Waals surface area contributed by atoms with E-state index in [1.165, 1.54) is 25.7 Å². The van der Waals surface area contributed by atoms with Gasteiger partial charge in [0, 0.05) is 32.7 Å². The van der Waals surface area contributed by atoms with E-state index in [0.717, 1.165) is 56.5 Å². The van der Waals surface area contributed by atoms with Crippen molar-refractivity contribution in [3.8, 4) is 0 Å². The lowest BCUT2D eigenvalue weighted by molar-refractivity contribution is -0.121. The van der Waals surface area contributed by atoms with Crippen LogP contribution in [0.15, 0.2) is 0 Å². The van der Waals surface area contributed by atoms with Gasteiger partial charge < -0.3 is 13.3 Å². The second kappa shape index (κ2) is 10.6. The van der Waals surface area contributed by atoms with Crippen LogP contribution < -0.4 is 0 Å². The van der Waals surface area contributed by atoms with Crippen LogP contribution in [0.1, 0.15) is 71.6 Å². The van der Waals surface area contributed by atoms with Crippen LogP contribution in [-0.4, -0.2) is 35.1 Å². The Balaban J connectivity index is 1.60. The Hall–Kier alpha value is -0.233. The molecule has 0 bridgehead atoms. The zero-order chi connectivity index (χ0) is 16.5. The maximum absolute atomic E-state index is 11.4. The van der Waals surface area contributed by atoms with Crippen LogP contribution in [0.25, 0.3) is 0 Å². The Morgan fingerprint density at radius 2 is 1.43 bits per heavy atom. The van der Waals surface area contributed by atoms with Crippen molar-refractivity contribution in [3.63, 3.8) is 0 Å². The van der Waals surface area contributed by atoms with Crippen LogP contribution in [0.3, 0.4) is 0 Å². The first-order valence-corrected chi connectivity index (χ1v) is 10.7. The van der Waals surface area contributed by atoms with Gasteiger partial charge in [0.1, 0.15) is 5.78 Å². The molecule has 0 unspecified atom stereocenters. The second-order valence-electron chi connectivity index (χ2n) is 6.91. The molecule has 5 heteroatoms. The lowest BCUT2D eigenvalue weighted by Crippen LogP contribution is -2.29. The summed E-state index contributed by atoms with van der Waals surface area (Å²) in [6.07, 6.45) is 10.4. The molecule has 0 N–H and O–H groups in total. The van der Waals surface area contributed by atoms with Crippen LogP contribution in [0.2, 0.25) is 0 Å². The molecule has 1 radical (unpaired) electrons. The van der Waals surface area contributed by atoms with Gasteiger partial charge in [-0.15, -0.1) is 0 Å². The summed E-state index contributed by atoms with van der Waals surface area (Å²) in [6.45, 7) is 6.04. The average molecular weight is 342 g/mol. The first-order valence-electron chi connectivity index (χ1n) is 9.49. The molecule has 0 spiro atoms. The fourth-order valence-corrected chi connectivity index (χ4v) is 5.06. The molecule has 2 aliphatic rings. The lowest BCUT2D eigenvalue weighted by Gasteiger charge is -2.35. The number of Topliss-reactive ketones (excluding diaryl/α,β-unsaturated/α-hetero) is 1. The molecule has 0 saturated heterocycles. The van der Waals surface area contributed by atoms with Crippen molar-refractivity contribution >= 4 is 15.3 Å². The summed E-state index contributed by atoms with van der Waals surface area (Å²) >= 11 is 0. The first kappa shape index (κ1) is 19.1. The Labute approximate surface area is 143 Å². The van der Waals surface area contributed by atoms with Gasteiger partial charge >= 0.3 is 9.53 Å². The predicted octanol–water partition coefficient (Wildman–Crippen LogP) is 4.02. The minimum atomic E-state index is -1.51. The molecular formula is C18H33O4Si. The Morgan fingerprint density at radius 1 is 0.870 bits per heavy atom. The minimum absolute atomic E-state index is 0.480. The average Bonchev–Trinajstić information content (AvgIpc) is 2.57. The van der Waals surface area contributed by atoms with E-state index in [1.807, 2.05) is 13.8 Å². The van der Waals surface area contributed by atoms with E-state index in [0.29, 0.717) is 19.0 Å². The monoisotopic (exact) mass is 341 g/mol. The van der Waals surface area contributed by atoms with Crippen molar-refractivity contribution in [2.75, 3.05) is 19.8 Å². The van der Waals surface area contributed by atoms with Gasteiger partial charge in [-0.3, -0.25) is 4.79 Å². The number of ketones is 1. The van der Waals surface area contributed by atoms with E-state index in [9.17, 15) is 4.79 Å². The third-order valence-electron chi connectivity index (χ3n) is 5.42. The number of hydrogen-bond donors (Lipinski definition) is 0. The molecular weight excluding hydrogens is 308 g/mol. The fraction of sp³-hybridized carbons (Fsp3) is 0.944. The first-order chi connectivity index (χ1) is 11.2. The highest BCUT2D eigenvalue weighted by Gasteiger charge is 2.30. The van der Waals surface area contributed by atoms with Crippen LogP contribution in [0, 0.1) is 17.8 Å². The quantitative estimate of drug-likeness (QED) is 0.594. The molecule has 0 amide bonds. The zero-order valence-corrected chi connectivity index (χ0v) is 15.9. The maximum Gasteiger partial charge on any atom is 0.577 e. The molecule has 0 atom stereocenters. The van der Waals surface area contributed by atoms with Gasteiger partial charge in [0.2, 0.25) is 0 Å². The largest absolute Gasteiger partial charge is 0.577 e. The van der Waals surface area contributed by atoms with E-state index in [2.05, 4.69) is 0 Å². The molecule has 0 aliphatic heterocycles. The van der Waals surface area contributed by atoms with E-state index in [-0.39, 0.29) is 0 Å². The lowest BCUT2D eigenvalue weighted by atomic mass is 9.70. The van der Waals surface area contributed by atoms with Gasteiger partial charge in [-0.25, -0.2) is 0 Å². The summed E-state index contributed by atoms with van der Waals surface area (Å²) in [5, 5.41) is 0. The smallest absolute Gasteiger partial charge is 0.371 e. The maximum atomic E-state index is 11.4. The van der Waals surface area contributed by atoms with Gasteiger partial charge in [-0.05, 0) is 63.7 Å². The molecule has 2 aliphatic carbocycles. The second-order valence-corrected chi connectivity index (χ2v) is 8.28. The van der Waals surface area contributed by atoms with Gasteiger partial charge in [0.15, 0.2) is 0 Å². The molecule has 2 saturated carbocycles. The highest BCUT2D eigenvalue weighted by molar-refractivity contribution is 6.36. The molecule has 23 heavy (non-hydrogen) atoms. The molecule has 0 aromatic heterocycles. The van der Waals surface area contributed by atoms with Crippen LogP contribution >= 0.6 is 0 Å². The molecule has 0 heterocycles. The summed E-state index contributed by atoms with van der Waals surface area (Å²) in [6, 6.07) is 0. The Bertz CT molecular complexity index is 326. The van der Waals surface area contributed by atoms with E-state index >= 15 is 0 Å². The SMILES string of the molecule is CCO[Si](OCC)OCCC1CCC(C2CCC(=O)CC2)CC1. The summed E-state index contributed by atoms with van der Waals surface area (Å²) in [5.41, 5.74) is 0. The van der Waals surface area contributed by atoms with Crippen molar-refractivity contribution in [2.45, 2.75) is 71.6 Å². The van der Waals surface area contributed by atoms with E-state index in [1.54, 1.807) is 0 Å². The summed E-state index contributed by atoms with van der Waals surface area (Å²) in [5.74, 6) is 2.96. The Morgan fingerprint density at radius 3 is 2.00 bits per heavy atom. The van der Waals surface area contributed by atoms with Gasteiger partial charge in [0.25, 0.3) is 0 Å². The summed E-state index contributed by atoms with van der Waals surface area (Å²) in [7, 11) is -1.51. The van der Waals surface area contributed by atoms with E-state index < -0.39 is 9.53 Å². The van der Waals surface area contributed by atoms with E-state index in [4.69, 9.17) is 13.3 Å². The summed E-state index contributed by atoms with van der Waals surface area (Å²) < 4.78 is 16.8. The summed E-state index contributed by atoms with van der Waals surface area (Å²) in [4.78, 5) is 11.4. The molecule has 2 fully saturated rings. The standard InChI is InChI=1S/C18H33O4Si/c1-3-20-23(21-4-2)22-14-13-15-5-7-16(8-6-15)17-9-11-18(19)12-10-17/h15-17H,3-14H2,1-2H3. The van der Waals surface area contributed by atoms with Crippen molar-refractivity contribution in [1.29, 1.82) is 0 Å². The highest BCUT2D eigenvalue weighted by atomic mass is 28.3. The molecule has 4 nitrogen and oxygen atoms in total. The van der Waals surface area contributed by atoms with Gasteiger partial charge in [-0.1, -0.05) is 12.8 Å².